The second-order valence-corrected chi connectivity index (χ2v) is 8.68. The van der Waals surface area contributed by atoms with Gasteiger partial charge in [0.1, 0.15) is 11.5 Å². The number of furan rings is 1. The monoisotopic (exact) mass is 447 g/mol. The zero-order valence-electron chi connectivity index (χ0n) is 18.3. The number of aliphatic hydroxyl groups is 1. The van der Waals surface area contributed by atoms with Gasteiger partial charge in [0.2, 0.25) is 0 Å². The Labute approximate surface area is 193 Å². The summed E-state index contributed by atoms with van der Waals surface area (Å²) in [7, 11) is 1.73. The SMILES string of the molecule is COCCCN(Cc1ccsc1)Cc1ccc(C(O)(c2ccccc2)c2ccccc2)o1. The molecule has 0 aliphatic carbocycles. The fourth-order valence-electron chi connectivity index (χ4n) is 3.97. The Hall–Kier alpha value is -2.70. The number of hydrogen-bond acceptors (Lipinski definition) is 5. The molecule has 4 rings (SSSR count). The fourth-order valence-corrected chi connectivity index (χ4v) is 4.63. The highest BCUT2D eigenvalue weighted by atomic mass is 32.1. The van der Waals surface area contributed by atoms with Crippen LogP contribution in [-0.2, 0) is 23.4 Å². The second kappa shape index (κ2) is 10.7. The summed E-state index contributed by atoms with van der Waals surface area (Å²) >= 11 is 1.71. The Morgan fingerprint density at radius 3 is 2.19 bits per heavy atom. The highest BCUT2D eigenvalue weighted by Crippen LogP contribution is 2.37. The normalized spacial score (nSPS) is 11.8. The molecule has 0 saturated heterocycles. The van der Waals surface area contributed by atoms with Crippen LogP contribution in [0.1, 0.15) is 34.6 Å². The van der Waals surface area contributed by atoms with Crippen molar-refractivity contribution in [3.05, 3.63) is 118 Å². The van der Waals surface area contributed by atoms with Crippen molar-refractivity contribution in [1.29, 1.82) is 0 Å². The molecule has 0 aliphatic rings. The first-order chi connectivity index (χ1) is 15.7. The van der Waals surface area contributed by atoms with Gasteiger partial charge < -0.3 is 14.3 Å². The predicted octanol–water partition coefficient (Wildman–Crippen LogP) is 5.66. The van der Waals surface area contributed by atoms with E-state index in [1.54, 1.807) is 18.4 Å². The van der Waals surface area contributed by atoms with Crippen LogP contribution in [-0.4, -0.2) is 30.3 Å². The summed E-state index contributed by atoms with van der Waals surface area (Å²) in [5, 5.41) is 16.2. The number of ether oxygens (including phenoxy) is 1. The highest BCUT2D eigenvalue weighted by Gasteiger charge is 2.37. The summed E-state index contributed by atoms with van der Waals surface area (Å²) in [5.74, 6) is 1.36. The van der Waals surface area contributed by atoms with Crippen molar-refractivity contribution in [2.45, 2.75) is 25.1 Å². The lowest BCUT2D eigenvalue weighted by Crippen LogP contribution is -2.28. The average molecular weight is 448 g/mol. The van der Waals surface area contributed by atoms with Crippen molar-refractivity contribution in [2.75, 3.05) is 20.3 Å². The van der Waals surface area contributed by atoms with Crippen LogP contribution in [0.15, 0.2) is 94.0 Å². The molecule has 0 fully saturated rings. The lowest BCUT2D eigenvalue weighted by molar-refractivity contribution is 0.0947. The molecule has 4 aromatic rings. The molecule has 0 amide bonds. The zero-order valence-corrected chi connectivity index (χ0v) is 19.1. The number of thiophene rings is 1. The molecule has 2 aromatic carbocycles. The predicted molar refractivity (Wildman–Crippen MR) is 129 cm³/mol. The molecular formula is C27H29NO3S. The van der Waals surface area contributed by atoms with E-state index in [-0.39, 0.29) is 0 Å². The molecule has 0 atom stereocenters. The van der Waals surface area contributed by atoms with Crippen molar-refractivity contribution >= 4 is 11.3 Å². The van der Waals surface area contributed by atoms with E-state index in [4.69, 9.17) is 9.15 Å². The van der Waals surface area contributed by atoms with E-state index >= 15 is 0 Å². The zero-order chi connectivity index (χ0) is 22.2. The van der Waals surface area contributed by atoms with Crippen LogP contribution >= 0.6 is 11.3 Å². The molecule has 4 nitrogen and oxygen atoms in total. The Morgan fingerprint density at radius 2 is 1.59 bits per heavy atom. The van der Waals surface area contributed by atoms with Gasteiger partial charge in [-0.3, -0.25) is 4.90 Å². The van der Waals surface area contributed by atoms with E-state index in [0.717, 1.165) is 43.0 Å². The van der Waals surface area contributed by atoms with Gasteiger partial charge in [-0.2, -0.15) is 11.3 Å². The minimum absolute atomic E-state index is 0.525. The third kappa shape index (κ3) is 5.19. The molecule has 2 aromatic heterocycles. The van der Waals surface area contributed by atoms with Gasteiger partial charge in [-0.15, -0.1) is 0 Å². The highest BCUT2D eigenvalue weighted by molar-refractivity contribution is 7.07. The van der Waals surface area contributed by atoms with Gasteiger partial charge >= 0.3 is 0 Å². The molecule has 1 N–H and O–H groups in total. The lowest BCUT2D eigenvalue weighted by atomic mass is 9.84. The number of hydrogen-bond donors (Lipinski definition) is 1. The van der Waals surface area contributed by atoms with E-state index in [9.17, 15) is 5.11 Å². The van der Waals surface area contributed by atoms with Crippen LogP contribution in [0.25, 0.3) is 0 Å². The van der Waals surface area contributed by atoms with Gasteiger partial charge in [-0.05, 0) is 52.1 Å². The van der Waals surface area contributed by atoms with Crippen LogP contribution in [0, 0.1) is 0 Å². The lowest BCUT2D eigenvalue weighted by Gasteiger charge is -2.27. The Bertz CT molecular complexity index is 1020. The summed E-state index contributed by atoms with van der Waals surface area (Å²) in [4.78, 5) is 2.35. The van der Waals surface area contributed by atoms with Gasteiger partial charge in [-0.25, -0.2) is 0 Å². The third-order valence-electron chi connectivity index (χ3n) is 5.59. The second-order valence-electron chi connectivity index (χ2n) is 7.90. The Morgan fingerprint density at radius 1 is 0.906 bits per heavy atom. The first-order valence-corrected chi connectivity index (χ1v) is 11.8. The summed E-state index contributed by atoms with van der Waals surface area (Å²) in [6, 6.07) is 25.4. The summed E-state index contributed by atoms with van der Waals surface area (Å²) in [5.41, 5.74) is 1.50. The quantitative estimate of drug-likeness (QED) is 0.301. The summed E-state index contributed by atoms with van der Waals surface area (Å²) < 4.78 is 11.5. The molecule has 0 radical (unpaired) electrons. The van der Waals surface area contributed by atoms with Crippen LogP contribution < -0.4 is 0 Å². The van der Waals surface area contributed by atoms with E-state index in [1.165, 1.54) is 5.56 Å². The maximum Gasteiger partial charge on any atom is 0.173 e. The Balaban J connectivity index is 1.60. The minimum atomic E-state index is -1.35. The van der Waals surface area contributed by atoms with Crippen LogP contribution in [0.5, 0.6) is 0 Å². The van der Waals surface area contributed by atoms with Crippen molar-refractivity contribution in [2.24, 2.45) is 0 Å². The molecule has 2 heterocycles. The van der Waals surface area contributed by atoms with E-state index in [0.29, 0.717) is 12.3 Å². The third-order valence-corrected chi connectivity index (χ3v) is 6.32. The first kappa shape index (κ1) is 22.5. The van der Waals surface area contributed by atoms with Crippen LogP contribution in [0.4, 0.5) is 0 Å². The molecule has 0 bridgehead atoms. The molecule has 5 heteroatoms. The first-order valence-electron chi connectivity index (χ1n) is 10.8. The molecule has 0 aliphatic heterocycles. The maximum atomic E-state index is 11.9. The van der Waals surface area contributed by atoms with E-state index in [1.807, 2.05) is 72.8 Å². The molecule has 0 saturated carbocycles. The summed E-state index contributed by atoms with van der Waals surface area (Å²) in [6.45, 7) is 3.15. The molecule has 32 heavy (non-hydrogen) atoms. The van der Waals surface area contributed by atoms with Gasteiger partial charge in [-0.1, -0.05) is 60.7 Å². The molecular weight excluding hydrogens is 418 g/mol. The maximum absolute atomic E-state index is 11.9. The average Bonchev–Trinajstić information content (AvgIpc) is 3.52. The van der Waals surface area contributed by atoms with Gasteiger partial charge in [0, 0.05) is 26.8 Å². The van der Waals surface area contributed by atoms with E-state index < -0.39 is 5.60 Å². The van der Waals surface area contributed by atoms with Crippen molar-refractivity contribution in [3.63, 3.8) is 0 Å². The topological polar surface area (TPSA) is 45.8 Å². The van der Waals surface area contributed by atoms with Crippen LogP contribution in [0.2, 0.25) is 0 Å². The molecule has 0 spiro atoms. The van der Waals surface area contributed by atoms with Crippen molar-refractivity contribution in [1.82, 2.24) is 4.90 Å². The van der Waals surface area contributed by atoms with Gasteiger partial charge in [0.05, 0.1) is 6.54 Å². The number of rotatable bonds is 11. The molecule has 0 unspecified atom stereocenters. The summed E-state index contributed by atoms with van der Waals surface area (Å²) in [6.07, 6.45) is 0.951. The van der Waals surface area contributed by atoms with Crippen molar-refractivity contribution in [3.8, 4) is 0 Å². The molecule has 166 valence electrons. The minimum Gasteiger partial charge on any atom is -0.461 e. The largest absolute Gasteiger partial charge is 0.461 e. The number of methoxy groups -OCH3 is 1. The standard InChI is InChI=1S/C27H29NO3S/c1-30-17-8-16-28(19-22-15-18-32-21-22)20-25-13-14-26(31-25)27(29,23-9-4-2-5-10-23)24-11-6-3-7-12-24/h2-7,9-15,18,21,29H,8,16-17,19-20H2,1H3. The van der Waals surface area contributed by atoms with E-state index in [2.05, 4.69) is 21.7 Å². The smallest absolute Gasteiger partial charge is 0.173 e. The number of nitrogens with zero attached hydrogens (tertiary/aromatic N) is 1. The number of benzene rings is 2. The van der Waals surface area contributed by atoms with Gasteiger partial charge in [0.25, 0.3) is 0 Å². The van der Waals surface area contributed by atoms with Crippen molar-refractivity contribution < 1.29 is 14.3 Å². The fraction of sp³-hybridized carbons (Fsp3) is 0.259. The van der Waals surface area contributed by atoms with Gasteiger partial charge in [0.15, 0.2) is 5.60 Å². The van der Waals surface area contributed by atoms with Crippen LogP contribution in [0.3, 0.4) is 0 Å². The Kier molecular flexibility index (Phi) is 7.55.